The van der Waals surface area contributed by atoms with Crippen molar-refractivity contribution in [3.8, 4) is 0 Å². The van der Waals surface area contributed by atoms with E-state index < -0.39 is 6.09 Å². The Labute approximate surface area is 75.4 Å². The number of furan rings is 1. The van der Waals surface area contributed by atoms with Gasteiger partial charge in [-0.15, -0.1) is 0 Å². The van der Waals surface area contributed by atoms with Gasteiger partial charge in [0.1, 0.15) is 5.71 Å². The van der Waals surface area contributed by atoms with E-state index in [1.807, 2.05) is 0 Å². The fraction of sp³-hybridized carbons (Fsp3) is 0.250. The number of nitrogens with one attached hydrogen (secondary N) is 1. The van der Waals surface area contributed by atoms with Crippen molar-refractivity contribution in [2.75, 3.05) is 7.05 Å². The predicted molar refractivity (Wildman–Crippen MR) is 46.5 cm³/mol. The predicted octanol–water partition coefficient (Wildman–Crippen LogP) is 1.36. The number of hydrogen-bond donors (Lipinski definition) is 1. The summed E-state index contributed by atoms with van der Waals surface area (Å²) in [5.41, 5.74) is 0.508. The van der Waals surface area contributed by atoms with Crippen LogP contribution >= 0.6 is 0 Å². The Kier molecular flexibility index (Phi) is 3.08. The summed E-state index contributed by atoms with van der Waals surface area (Å²) in [5, 5.41) is 5.82. The van der Waals surface area contributed by atoms with Crippen LogP contribution < -0.4 is 5.32 Å². The number of carbonyl (C=O) groups excluding carboxylic acids is 1. The standard InChI is InChI=1S/C8H10N2O3/c1-6(7-4-3-5-12-7)10-13-8(11)9-2/h3-5H,1-2H3,(H,9,11)/b10-6+. The summed E-state index contributed by atoms with van der Waals surface area (Å²) in [5.74, 6) is 0.573. The number of hydrogen-bond acceptors (Lipinski definition) is 4. The summed E-state index contributed by atoms with van der Waals surface area (Å²) >= 11 is 0. The van der Waals surface area contributed by atoms with E-state index in [2.05, 4.69) is 15.3 Å². The first-order chi connectivity index (χ1) is 6.24. The normalized spacial score (nSPS) is 11.1. The van der Waals surface area contributed by atoms with Crippen molar-refractivity contribution in [1.29, 1.82) is 0 Å². The van der Waals surface area contributed by atoms with Crippen molar-refractivity contribution in [2.45, 2.75) is 6.92 Å². The molecule has 0 bridgehead atoms. The topological polar surface area (TPSA) is 63.8 Å². The monoisotopic (exact) mass is 182 g/mol. The van der Waals surface area contributed by atoms with Crippen molar-refractivity contribution in [1.82, 2.24) is 5.32 Å². The molecule has 5 nitrogen and oxygen atoms in total. The lowest BCUT2D eigenvalue weighted by Crippen LogP contribution is -2.17. The fourth-order valence-corrected chi connectivity index (χ4v) is 0.685. The van der Waals surface area contributed by atoms with Gasteiger partial charge in [-0.05, 0) is 19.1 Å². The van der Waals surface area contributed by atoms with Crippen LogP contribution in [-0.4, -0.2) is 18.9 Å². The van der Waals surface area contributed by atoms with Crippen molar-refractivity contribution >= 4 is 11.8 Å². The second-order valence-corrected chi connectivity index (χ2v) is 2.28. The molecule has 0 saturated carbocycles. The molecule has 1 heterocycles. The van der Waals surface area contributed by atoms with Gasteiger partial charge in [0.15, 0.2) is 5.76 Å². The molecule has 70 valence electrons. The summed E-state index contributed by atoms with van der Waals surface area (Å²) in [6.07, 6.45) is 0.916. The second-order valence-electron chi connectivity index (χ2n) is 2.28. The van der Waals surface area contributed by atoms with Crippen molar-refractivity contribution in [2.24, 2.45) is 5.16 Å². The van der Waals surface area contributed by atoms with Gasteiger partial charge in [-0.25, -0.2) is 4.79 Å². The summed E-state index contributed by atoms with van der Waals surface area (Å²) < 4.78 is 5.02. The van der Waals surface area contributed by atoms with E-state index in [0.717, 1.165) is 0 Å². The lowest BCUT2D eigenvalue weighted by Gasteiger charge is -1.96. The maximum Gasteiger partial charge on any atom is 0.433 e. The SMILES string of the molecule is CNC(=O)O/N=C(\C)c1ccco1. The van der Waals surface area contributed by atoms with Crippen LogP contribution in [0.15, 0.2) is 28.0 Å². The first-order valence-corrected chi connectivity index (χ1v) is 3.71. The zero-order valence-corrected chi connectivity index (χ0v) is 7.40. The van der Waals surface area contributed by atoms with Crippen LogP contribution in [0.25, 0.3) is 0 Å². The Morgan fingerprint density at radius 1 is 1.69 bits per heavy atom. The lowest BCUT2D eigenvalue weighted by atomic mass is 10.3. The van der Waals surface area contributed by atoms with E-state index in [1.165, 1.54) is 13.3 Å². The summed E-state index contributed by atoms with van der Waals surface area (Å²) in [7, 11) is 1.46. The molecule has 1 aromatic rings. The maximum atomic E-state index is 10.6. The van der Waals surface area contributed by atoms with Crippen LogP contribution in [0.3, 0.4) is 0 Å². The second kappa shape index (κ2) is 4.30. The molecule has 0 saturated heterocycles. The summed E-state index contributed by atoms with van der Waals surface area (Å²) in [6, 6.07) is 3.46. The van der Waals surface area contributed by atoms with E-state index in [4.69, 9.17) is 4.42 Å². The molecule has 5 heteroatoms. The fourth-order valence-electron chi connectivity index (χ4n) is 0.685. The van der Waals surface area contributed by atoms with E-state index in [0.29, 0.717) is 11.5 Å². The Morgan fingerprint density at radius 2 is 2.46 bits per heavy atom. The molecule has 0 radical (unpaired) electrons. The number of amides is 1. The lowest BCUT2D eigenvalue weighted by molar-refractivity contribution is 0.153. The van der Waals surface area contributed by atoms with Crippen LogP contribution in [0, 0.1) is 0 Å². The average molecular weight is 182 g/mol. The van der Waals surface area contributed by atoms with Gasteiger partial charge in [-0.2, -0.15) is 0 Å². The number of carbonyl (C=O) groups is 1. The van der Waals surface area contributed by atoms with E-state index in [1.54, 1.807) is 19.1 Å². The molecule has 0 aliphatic rings. The minimum atomic E-state index is -0.606. The van der Waals surface area contributed by atoms with Gasteiger partial charge in [0.05, 0.1) is 6.26 Å². The van der Waals surface area contributed by atoms with Crippen LogP contribution in [0.5, 0.6) is 0 Å². The first-order valence-electron chi connectivity index (χ1n) is 3.71. The molecule has 0 aromatic carbocycles. The summed E-state index contributed by atoms with van der Waals surface area (Å²) in [6.45, 7) is 1.68. The molecule has 0 aliphatic carbocycles. The molecule has 1 amide bonds. The zero-order valence-electron chi connectivity index (χ0n) is 7.40. The van der Waals surface area contributed by atoms with Crippen molar-refractivity contribution in [3.63, 3.8) is 0 Å². The third-order valence-corrected chi connectivity index (χ3v) is 1.35. The Morgan fingerprint density at radius 3 is 3.00 bits per heavy atom. The average Bonchev–Trinajstić information content (AvgIpc) is 2.66. The van der Waals surface area contributed by atoms with Gasteiger partial charge < -0.3 is 9.73 Å². The number of rotatable bonds is 2. The molecule has 1 rings (SSSR count). The van der Waals surface area contributed by atoms with Gasteiger partial charge in [-0.3, -0.25) is 4.84 Å². The Balaban J connectivity index is 2.57. The van der Waals surface area contributed by atoms with E-state index >= 15 is 0 Å². The molecular weight excluding hydrogens is 172 g/mol. The number of nitrogens with zero attached hydrogens (tertiary/aromatic N) is 1. The molecule has 13 heavy (non-hydrogen) atoms. The van der Waals surface area contributed by atoms with Gasteiger partial charge >= 0.3 is 6.09 Å². The smallest absolute Gasteiger partial charge is 0.433 e. The molecule has 0 fully saturated rings. The highest BCUT2D eigenvalue weighted by atomic mass is 16.7. The Bertz CT molecular complexity index is 303. The van der Waals surface area contributed by atoms with Gasteiger partial charge in [-0.1, -0.05) is 5.16 Å². The maximum absolute atomic E-state index is 10.6. The molecule has 0 spiro atoms. The highest BCUT2D eigenvalue weighted by molar-refractivity contribution is 5.96. The van der Waals surface area contributed by atoms with Crippen LogP contribution in [-0.2, 0) is 4.84 Å². The largest absolute Gasteiger partial charge is 0.463 e. The first kappa shape index (κ1) is 9.31. The molecule has 0 aliphatic heterocycles. The zero-order chi connectivity index (χ0) is 9.68. The highest BCUT2D eigenvalue weighted by Crippen LogP contribution is 2.01. The van der Waals surface area contributed by atoms with Gasteiger partial charge in [0, 0.05) is 7.05 Å². The van der Waals surface area contributed by atoms with Gasteiger partial charge in [0.2, 0.25) is 0 Å². The quantitative estimate of drug-likeness (QED) is 0.426. The van der Waals surface area contributed by atoms with Crippen molar-refractivity contribution in [3.05, 3.63) is 24.2 Å². The van der Waals surface area contributed by atoms with E-state index in [-0.39, 0.29) is 0 Å². The van der Waals surface area contributed by atoms with Crippen LogP contribution in [0.1, 0.15) is 12.7 Å². The van der Waals surface area contributed by atoms with Crippen molar-refractivity contribution < 1.29 is 14.0 Å². The summed E-state index contributed by atoms with van der Waals surface area (Å²) in [4.78, 5) is 15.1. The molecule has 1 aromatic heterocycles. The Hall–Kier alpha value is -1.78. The molecule has 1 N–H and O–H groups in total. The van der Waals surface area contributed by atoms with Crippen LogP contribution in [0.4, 0.5) is 4.79 Å². The third kappa shape index (κ3) is 2.62. The molecule has 0 unspecified atom stereocenters. The third-order valence-electron chi connectivity index (χ3n) is 1.35. The minimum Gasteiger partial charge on any atom is -0.463 e. The highest BCUT2D eigenvalue weighted by Gasteiger charge is 2.02. The number of oxime groups is 1. The van der Waals surface area contributed by atoms with E-state index in [9.17, 15) is 4.79 Å². The molecular formula is C8H10N2O3. The van der Waals surface area contributed by atoms with Gasteiger partial charge in [0.25, 0.3) is 0 Å². The minimum absolute atomic E-state index is 0.508. The van der Waals surface area contributed by atoms with Crippen LogP contribution in [0.2, 0.25) is 0 Å². The molecule has 0 atom stereocenters.